The Balaban J connectivity index is 1.28. The summed E-state index contributed by atoms with van der Waals surface area (Å²) in [6, 6.07) is 23.3. The molecule has 5 rings (SSSR count). The number of fused-ring (bicyclic) bond motifs is 1. The molecular weight excluding hydrogens is 444 g/mol. The second kappa shape index (κ2) is 9.61. The molecule has 1 amide bonds. The second-order valence-corrected chi connectivity index (χ2v) is 9.43. The highest BCUT2D eigenvalue weighted by atomic mass is 32.1. The van der Waals surface area contributed by atoms with Gasteiger partial charge in [0.15, 0.2) is 5.13 Å². The quantitative estimate of drug-likeness (QED) is 0.352. The average molecular weight is 469 g/mol. The summed E-state index contributed by atoms with van der Waals surface area (Å²) in [5.74, 6) is -0.607. The van der Waals surface area contributed by atoms with E-state index in [1.807, 2.05) is 30.3 Å². The van der Waals surface area contributed by atoms with E-state index in [4.69, 9.17) is 4.74 Å². The Morgan fingerprint density at radius 1 is 1.06 bits per heavy atom. The summed E-state index contributed by atoms with van der Waals surface area (Å²) in [6.07, 6.45) is 3.78. The maximum absolute atomic E-state index is 12.9. The number of hydrogen-bond donors (Lipinski definition) is 1. The van der Waals surface area contributed by atoms with Crippen molar-refractivity contribution in [3.63, 3.8) is 0 Å². The summed E-state index contributed by atoms with van der Waals surface area (Å²) in [5.41, 5.74) is 5.29. The molecule has 0 saturated heterocycles. The number of anilines is 1. The summed E-state index contributed by atoms with van der Waals surface area (Å²) < 4.78 is 5.61. The summed E-state index contributed by atoms with van der Waals surface area (Å²) in [7, 11) is 0. The smallest absolute Gasteiger partial charge is 0.339 e. The van der Waals surface area contributed by atoms with Crippen molar-refractivity contribution < 1.29 is 14.3 Å². The van der Waals surface area contributed by atoms with Gasteiger partial charge in [-0.25, -0.2) is 9.78 Å². The van der Waals surface area contributed by atoms with Crippen LogP contribution in [0.4, 0.5) is 5.13 Å². The fourth-order valence-electron chi connectivity index (χ4n) is 4.10. The number of thiazole rings is 1. The van der Waals surface area contributed by atoms with Crippen molar-refractivity contribution in [1.82, 2.24) is 4.98 Å². The number of carbonyl (C=O) groups excluding carboxylic acids is 2. The first-order valence-electron chi connectivity index (χ1n) is 11.3. The normalized spacial score (nSPS) is 14.9. The van der Waals surface area contributed by atoms with Gasteiger partial charge in [-0.1, -0.05) is 61.5 Å². The van der Waals surface area contributed by atoms with Crippen LogP contribution >= 0.6 is 11.3 Å². The monoisotopic (exact) mass is 468 g/mol. The van der Waals surface area contributed by atoms with E-state index in [1.54, 1.807) is 24.4 Å². The summed E-state index contributed by atoms with van der Waals surface area (Å²) in [6.45, 7) is 2.14. The molecule has 1 atom stereocenters. The number of cyclic esters (lactones) is 1. The van der Waals surface area contributed by atoms with Gasteiger partial charge >= 0.3 is 5.97 Å². The van der Waals surface area contributed by atoms with E-state index in [0.717, 1.165) is 28.8 Å². The van der Waals surface area contributed by atoms with Crippen molar-refractivity contribution in [3.05, 3.63) is 117 Å². The Labute approximate surface area is 202 Å². The SMILES string of the molecule is CCc1ccc(Cc2cnc(NC(=O)c3ccc4c(c3)C[C@H](c3ccccc3)OC4=O)s2)cc1. The molecule has 4 aromatic rings. The van der Waals surface area contributed by atoms with Crippen LogP contribution < -0.4 is 5.32 Å². The topological polar surface area (TPSA) is 68.3 Å². The van der Waals surface area contributed by atoms with Crippen LogP contribution in [0.3, 0.4) is 0 Å². The summed E-state index contributed by atoms with van der Waals surface area (Å²) >= 11 is 1.47. The van der Waals surface area contributed by atoms with Gasteiger partial charge in [-0.15, -0.1) is 11.3 Å². The third kappa shape index (κ3) is 4.77. The minimum atomic E-state index is -0.362. The van der Waals surface area contributed by atoms with Crippen LogP contribution in [0.25, 0.3) is 0 Å². The Bertz CT molecular complexity index is 1330. The number of ether oxygens (including phenoxy) is 1. The van der Waals surface area contributed by atoms with Crippen molar-refractivity contribution in [2.45, 2.75) is 32.3 Å². The molecule has 1 aliphatic heterocycles. The molecule has 2 heterocycles. The fourth-order valence-corrected chi connectivity index (χ4v) is 4.94. The van der Waals surface area contributed by atoms with Gasteiger partial charge in [0.25, 0.3) is 5.91 Å². The first-order chi connectivity index (χ1) is 16.6. The van der Waals surface area contributed by atoms with Crippen molar-refractivity contribution in [1.29, 1.82) is 0 Å². The second-order valence-electron chi connectivity index (χ2n) is 8.31. The highest BCUT2D eigenvalue weighted by molar-refractivity contribution is 7.15. The summed E-state index contributed by atoms with van der Waals surface area (Å²) in [5, 5.41) is 3.46. The predicted molar refractivity (Wildman–Crippen MR) is 133 cm³/mol. The zero-order valence-corrected chi connectivity index (χ0v) is 19.6. The molecule has 1 aromatic heterocycles. The number of carbonyl (C=O) groups is 2. The minimum Gasteiger partial charge on any atom is -0.454 e. The van der Waals surface area contributed by atoms with Crippen molar-refractivity contribution in [3.8, 4) is 0 Å². The highest BCUT2D eigenvalue weighted by Crippen LogP contribution is 2.31. The minimum absolute atomic E-state index is 0.244. The van der Waals surface area contributed by atoms with Crippen LogP contribution in [-0.2, 0) is 24.0 Å². The van der Waals surface area contributed by atoms with Crippen LogP contribution in [0.1, 0.15) is 60.9 Å². The van der Waals surface area contributed by atoms with Gasteiger partial charge in [-0.2, -0.15) is 0 Å². The van der Waals surface area contributed by atoms with E-state index in [0.29, 0.717) is 22.7 Å². The molecule has 0 spiro atoms. The van der Waals surface area contributed by atoms with E-state index in [1.165, 1.54) is 22.5 Å². The first kappa shape index (κ1) is 22.0. The highest BCUT2D eigenvalue weighted by Gasteiger charge is 2.28. The number of hydrogen-bond acceptors (Lipinski definition) is 5. The maximum Gasteiger partial charge on any atom is 0.339 e. The van der Waals surface area contributed by atoms with Crippen LogP contribution in [0, 0.1) is 0 Å². The molecule has 3 aromatic carbocycles. The van der Waals surface area contributed by atoms with E-state index >= 15 is 0 Å². The number of amides is 1. The van der Waals surface area contributed by atoms with Gasteiger partial charge in [0, 0.05) is 29.5 Å². The average Bonchev–Trinajstić information content (AvgIpc) is 3.31. The van der Waals surface area contributed by atoms with Gasteiger partial charge < -0.3 is 4.74 Å². The van der Waals surface area contributed by atoms with E-state index in [-0.39, 0.29) is 18.0 Å². The van der Waals surface area contributed by atoms with Crippen molar-refractivity contribution in [2.24, 2.45) is 0 Å². The Morgan fingerprint density at radius 2 is 1.82 bits per heavy atom. The number of rotatable bonds is 6. The van der Waals surface area contributed by atoms with Gasteiger partial charge in [0.1, 0.15) is 6.10 Å². The number of esters is 1. The lowest BCUT2D eigenvalue weighted by molar-refractivity contribution is 0.0252. The molecule has 0 saturated carbocycles. The zero-order chi connectivity index (χ0) is 23.5. The van der Waals surface area contributed by atoms with Gasteiger partial charge in [0.05, 0.1) is 5.56 Å². The maximum atomic E-state index is 12.9. The Kier molecular flexibility index (Phi) is 6.23. The molecule has 34 heavy (non-hydrogen) atoms. The molecular formula is C28H24N2O3S. The van der Waals surface area contributed by atoms with Crippen LogP contribution in [0.5, 0.6) is 0 Å². The Morgan fingerprint density at radius 3 is 2.59 bits per heavy atom. The van der Waals surface area contributed by atoms with Gasteiger partial charge in [-0.3, -0.25) is 10.1 Å². The van der Waals surface area contributed by atoms with E-state index in [2.05, 4.69) is 41.5 Å². The van der Waals surface area contributed by atoms with Crippen molar-refractivity contribution in [2.75, 3.05) is 5.32 Å². The third-order valence-corrected chi connectivity index (χ3v) is 6.91. The van der Waals surface area contributed by atoms with Crippen molar-refractivity contribution >= 4 is 28.3 Å². The lowest BCUT2D eigenvalue weighted by Crippen LogP contribution is -2.23. The molecule has 6 heteroatoms. The van der Waals surface area contributed by atoms with Crippen LogP contribution in [0.15, 0.2) is 79.0 Å². The van der Waals surface area contributed by atoms with E-state index in [9.17, 15) is 9.59 Å². The van der Waals surface area contributed by atoms with Gasteiger partial charge in [0.2, 0.25) is 0 Å². The van der Waals surface area contributed by atoms with Crippen LogP contribution in [-0.4, -0.2) is 16.9 Å². The predicted octanol–water partition coefficient (Wildman–Crippen LogP) is 6.00. The standard InChI is InChI=1S/C28H24N2O3S/c1-2-18-8-10-19(11-9-18)14-23-17-29-28(34-23)30-26(31)21-12-13-24-22(15-21)16-25(33-27(24)32)20-6-4-3-5-7-20/h3-13,15,17,25H,2,14,16H2,1H3,(H,29,30,31)/t25-/m1/s1. The third-order valence-electron chi connectivity index (χ3n) is 6.00. The Hall–Kier alpha value is -3.77. The molecule has 0 aliphatic carbocycles. The number of nitrogens with zero attached hydrogens (tertiary/aromatic N) is 1. The lowest BCUT2D eigenvalue weighted by atomic mass is 9.93. The molecule has 0 fully saturated rings. The number of aromatic nitrogens is 1. The summed E-state index contributed by atoms with van der Waals surface area (Å²) in [4.78, 5) is 30.9. The lowest BCUT2D eigenvalue weighted by Gasteiger charge is -2.25. The molecule has 0 bridgehead atoms. The molecule has 5 nitrogen and oxygen atoms in total. The largest absolute Gasteiger partial charge is 0.454 e. The zero-order valence-electron chi connectivity index (χ0n) is 18.8. The fraction of sp³-hybridized carbons (Fsp3) is 0.179. The molecule has 0 radical (unpaired) electrons. The molecule has 170 valence electrons. The number of nitrogens with one attached hydrogen (secondary N) is 1. The first-order valence-corrected chi connectivity index (χ1v) is 12.1. The van der Waals surface area contributed by atoms with E-state index < -0.39 is 0 Å². The molecule has 0 unspecified atom stereocenters. The number of aryl methyl sites for hydroxylation is 1. The van der Waals surface area contributed by atoms with Crippen LogP contribution in [0.2, 0.25) is 0 Å². The molecule has 1 N–H and O–H groups in total. The number of benzene rings is 3. The van der Waals surface area contributed by atoms with Gasteiger partial charge in [-0.05, 0) is 46.9 Å². The molecule has 1 aliphatic rings.